The summed E-state index contributed by atoms with van der Waals surface area (Å²) < 4.78 is 4.99. The molecule has 1 saturated heterocycles. The molecule has 0 radical (unpaired) electrons. The second kappa shape index (κ2) is 8.10. The van der Waals surface area contributed by atoms with Crippen molar-refractivity contribution in [1.29, 1.82) is 0 Å². The second-order valence-electron chi connectivity index (χ2n) is 7.57. The summed E-state index contributed by atoms with van der Waals surface area (Å²) in [5, 5.41) is 0. The lowest BCUT2D eigenvalue weighted by atomic mass is 10.1. The maximum absolute atomic E-state index is 13.1. The predicted molar refractivity (Wildman–Crippen MR) is 109 cm³/mol. The van der Waals surface area contributed by atoms with Gasteiger partial charge in [0, 0.05) is 13.0 Å². The molecular weight excluding hydrogens is 384 g/mol. The SMILES string of the molecule is CC(=O)Oc1ccc(N2C(=O)CC(N(C(=O)Cc3ccccc3)C3CC3)C2=O)cc1. The number of carbonyl (C=O) groups is 4. The Hall–Kier alpha value is -3.48. The van der Waals surface area contributed by atoms with Crippen LogP contribution < -0.4 is 9.64 Å². The molecule has 1 atom stereocenters. The minimum atomic E-state index is -0.783. The lowest BCUT2D eigenvalue weighted by molar-refractivity contribution is -0.138. The van der Waals surface area contributed by atoms with Crippen molar-refractivity contribution in [1.82, 2.24) is 4.90 Å². The van der Waals surface area contributed by atoms with Crippen molar-refractivity contribution < 1.29 is 23.9 Å². The zero-order valence-corrected chi connectivity index (χ0v) is 16.6. The Balaban J connectivity index is 1.53. The number of carbonyl (C=O) groups excluding carboxylic acids is 4. The third kappa shape index (κ3) is 4.10. The smallest absolute Gasteiger partial charge is 0.308 e. The van der Waals surface area contributed by atoms with Gasteiger partial charge in [-0.2, -0.15) is 0 Å². The molecule has 2 aliphatic rings. The third-order valence-corrected chi connectivity index (χ3v) is 5.24. The monoisotopic (exact) mass is 406 g/mol. The molecule has 154 valence electrons. The fraction of sp³-hybridized carbons (Fsp3) is 0.304. The molecule has 7 heteroatoms. The number of hydrogen-bond donors (Lipinski definition) is 0. The van der Waals surface area contributed by atoms with Crippen molar-refractivity contribution in [2.24, 2.45) is 0 Å². The van der Waals surface area contributed by atoms with E-state index in [0.29, 0.717) is 11.4 Å². The Kier molecular flexibility index (Phi) is 5.35. The minimum absolute atomic E-state index is 0.00857. The second-order valence-corrected chi connectivity index (χ2v) is 7.57. The number of amides is 3. The molecule has 1 heterocycles. The summed E-state index contributed by atoms with van der Waals surface area (Å²) in [6, 6.07) is 14.8. The number of imide groups is 1. The van der Waals surface area contributed by atoms with Gasteiger partial charge in [0.1, 0.15) is 11.8 Å². The fourth-order valence-corrected chi connectivity index (χ4v) is 3.78. The van der Waals surface area contributed by atoms with Crippen molar-refractivity contribution >= 4 is 29.4 Å². The first kappa shape index (κ1) is 19.8. The minimum Gasteiger partial charge on any atom is -0.427 e. The number of ether oxygens (including phenoxy) is 1. The van der Waals surface area contributed by atoms with E-state index in [4.69, 9.17) is 4.74 Å². The van der Waals surface area contributed by atoms with Gasteiger partial charge in [-0.3, -0.25) is 19.2 Å². The number of esters is 1. The maximum Gasteiger partial charge on any atom is 0.308 e. The van der Waals surface area contributed by atoms with Crippen LogP contribution in [0, 0.1) is 0 Å². The zero-order valence-electron chi connectivity index (χ0n) is 16.6. The van der Waals surface area contributed by atoms with E-state index in [1.54, 1.807) is 17.0 Å². The molecule has 4 rings (SSSR count). The van der Waals surface area contributed by atoms with Crippen molar-refractivity contribution in [3.63, 3.8) is 0 Å². The van der Waals surface area contributed by atoms with E-state index in [2.05, 4.69) is 0 Å². The molecule has 1 unspecified atom stereocenters. The van der Waals surface area contributed by atoms with Crippen LogP contribution in [-0.4, -0.2) is 40.7 Å². The Bertz CT molecular complexity index is 982. The lowest BCUT2D eigenvalue weighted by Gasteiger charge is -2.27. The van der Waals surface area contributed by atoms with Gasteiger partial charge in [-0.05, 0) is 42.7 Å². The van der Waals surface area contributed by atoms with E-state index in [1.807, 2.05) is 30.3 Å². The van der Waals surface area contributed by atoms with E-state index in [9.17, 15) is 19.2 Å². The van der Waals surface area contributed by atoms with E-state index >= 15 is 0 Å². The normalized spacial score (nSPS) is 18.4. The van der Waals surface area contributed by atoms with Gasteiger partial charge in [0.05, 0.1) is 18.5 Å². The van der Waals surface area contributed by atoms with Gasteiger partial charge in [0.15, 0.2) is 0 Å². The highest BCUT2D eigenvalue weighted by Gasteiger charge is 2.48. The topological polar surface area (TPSA) is 84.0 Å². The fourth-order valence-electron chi connectivity index (χ4n) is 3.78. The summed E-state index contributed by atoms with van der Waals surface area (Å²) in [4.78, 5) is 52.6. The average molecular weight is 406 g/mol. The van der Waals surface area contributed by atoms with E-state index in [0.717, 1.165) is 23.3 Å². The molecule has 0 spiro atoms. The van der Waals surface area contributed by atoms with Crippen molar-refractivity contribution in [3.05, 3.63) is 60.2 Å². The molecule has 3 amide bonds. The Morgan fingerprint density at radius 1 is 1.03 bits per heavy atom. The molecule has 2 fully saturated rings. The van der Waals surface area contributed by atoms with Crippen LogP contribution in [0.5, 0.6) is 5.75 Å². The summed E-state index contributed by atoms with van der Waals surface area (Å²) >= 11 is 0. The Morgan fingerprint density at radius 2 is 1.70 bits per heavy atom. The van der Waals surface area contributed by atoms with Gasteiger partial charge in [-0.25, -0.2) is 4.90 Å². The average Bonchev–Trinajstić information content (AvgIpc) is 3.49. The Labute approximate surface area is 174 Å². The number of anilines is 1. The highest BCUT2D eigenvalue weighted by Crippen LogP contribution is 2.35. The maximum atomic E-state index is 13.1. The van der Waals surface area contributed by atoms with E-state index in [-0.39, 0.29) is 30.7 Å². The number of benzene rings is 2. The molecule has 0 N–H and O–H groups in total. The van der Waals surface area contributed by atoms with Gasteiger partial charge in [0.25, 0.3) is 5.91 Å². The molecule has 1 saturated carbocycles. The quantitative estimate of drug-likeness (QED) is 0.418. The molecule has 2 aromatic rings. The van der Waals surface area contributed by atoms with Crippen LogP contribution in [0.2, 0.25) is 0 Å². The Morgan fingerprint density at radius 3 is 2.30 bits per heavy atom. The van der Waals surface area contributed by atoms with E-state index < -0.39 is 17.9 Å². The van der Waals surface area contributed by atoms with Crippen LogP contribution in [0.3, 0.4) is 0 Å². The van der Waals surface area contributed by atoms with Gasteiger partial charge in [0.2, 0.25) is 11.8 Å². The number of rotatable bonds is 6. The molecule has 1 aliphatic carbocycles. The first-order chi connectivity index (χ1) is 14.4. The van der Waals surface area contributed by atoms with Gasteiger partial charge < -0.3 is 9.64 Å². The van der Waals surface area contributed by atoms with Crippen molar-refractivity contribution in [2.45, 2.75) is 44.7 Å². The highest BCUT2D eigenvalue weighted by atomic mass is 16.5. The lowest BCUT2D eigenvalue weighted by Crippen LogP contribution is -2.47. The summed E-state index contributed by atoms with van der Waals surface area (Å²) in [5.74, 6) is -0.994. The molecule has 0 bridgehead atoms. The predicted octanol–water partition coefficient (Wildman–Crippen LogP) is 2.48. The summed E-state index contributed by atoms with van der Waals surface area (Å²) in [6.07, 6.45) is 1.86. The van der Waals surface area contributed by atoms with Gasteiger partial charge in [-0.15, -0.1) is 0 Å². The van der Waals surface area contributed by atoms with Gasteiger partial charge in [-0.1, -0.05) is 30.3 Å². The van der Waals surface area contributed by atoms with Crippen molar-refractivity contribution in [2.75, 3.05) is 4.90 Å². The number of nitrogens with zero attached hydrogens (tertiary/aromatic N) is 2. The summed E-state index contributed by atoms with van der Waals surface area (Å²) in [7, 11) is 0. The van der Waals surface area contributed by atoms with Crippen LogP contribution in [-0.2, 0) is 25.6 Å². The third-order valence-electron chi connectivity index (χ3n) is 5.24. The summed E-state index contributed by atoms with van der Waals surface area (Å²) in [6.45, 7) is 1.30. The molecule has 7 nitrogen and oxygen atoms in total. The highest BCUT2D eigenvalue weighted by molar-refractivity contribution is 6.23. The van der Waals surface area contributed by atoms with Crippen LogP contribution in [0.1, 0.15) is 31.7 Å². The van der Waals surface area contributed by atoms with Crippen LogP contribution in [0.15, 0.2) is 54.6 Å². The van der Waals surface area contributed by atoms with E-state index in [1.165, 1.54) is 19.1 Å². The standard InChI is InChI=1S/C23H22N2O5/c1-15(26)30-19-11-9-18(10-12-19)25-22(28)14-20(23(25)29)24(17-7-8-17)21(27)13-16-5-3-2-4-6-16/h2-6,9-12,17,20H,7-8,13-14H2,1H3. The van der Waals surface area contributed by atoms with Crippen LogP contribution in [0.4, 0.5) is 5.69 Å². The first-order valence-corrected chi connectivity index (χ1v) is 9.94. The molecule has 0 aromatic heterocycles. The van der Waals surface area contributed by atoms with Gasteiger partial charge >= 0.3 is 5.97 Å². The zero-order chi connectivity index (χ0) is 21.3. The first-order valence-electron chi connectivity index (χ1n) is 9.94. The molecular formula is C23H22N2O5. The molecule has 2 aromatic carbocycles. The molecule has 1 aliphatic heterocycles. The summed E-state index contributed by atoms with van der Waals surface area (Å²) in [5.41, 5.74) is 1.28. The van der Waals surface area contributed by atoms with Crippen LogP contribution in [0.25, 0.3) is 0 Å². The number of hydrogen-bond acceptors (Lipinski definition) is 5. The largest absolute Gasteiger partial charge is 0.427 e. The van der Waals surface area contributed by atoms with Crippen molar-refractivity contribution in [3.8, 4) is 5.75 Å². The molecule has 30 heavy (non-hydrogen) atoms. The van der Waals surface area contributed by atoms with Crippen LogP contribution >= 0.6 is 0 Å².